The molecule has 0 unspecified atom stereocenters. The van der Waals surface area contributed by atoms with Gasteiger partial charge in [0, 0.05) is 17.1 Å². The van der Waals surface area contributed by atoms with Crippen LogP contribution in [0.2, 0.25) is 0 Å². The Balaban J connectivity index is 2.57. The Morgan fingerprint density at radius 3 is 2.36 bits per heavy atom. The molecule has 0 radical (unpaired) electrons. The molecule has 1 aliphatic rings. The first-order chi connectivity index (χ1) is 4.97. The Bertz CT molecular complexity index is 286. The molecule has 1 aliphatic carbocycles. The number of rotatable bonds is 3. The second-order valence-electron chi connectivity index (χ2n) is 3.02. The normalized spacial score (nSPS) is 20.7. The molecule has 11 heavy (non-hydrogen) atoms. The van der Waals surface area contributed by atoms with Crippen LogP contribution in [0.1, 0.15) is 19.3 Å². The number of nitriles is 1. The highest BCUT2D eigenvalue weighted by Gasteiger charge is 2.45. The van der Waals surface area contributed by atoms with E-state index in [0.717, 1.165) is 12.8 Å². The van der Waals surface area contributed by atoms with Gasteiger partial charge < -0.3 is 0 Å². The van der Waals surface area contributed by atoms with Gasteiger partial charge in [0.15, 0.2) is 0 Å². The van der Waals surface area contributed by atoms with Crippen molar-refractivity contribution in [2.45, 2.75) is 19.3 Å². The lowest BCUT2D eigenvalue weighted by Crippen LogP contribution is -2.11. The van der Waals surface area contributed by atoms with Crippen LogP contribution in [0, 0.1) is 16.7 Å². The van der Waals surface area contributed by atoms with E-state index in [1.807, 2.05) is 6.07 Å². The molecule has 1 saturated carbocycles. The molecule has 0 spiro atoms. The van der Waals surface area contributed by atoms with Crippen LogP contribution in [0.4, 0.5) is 0 Å². The zero-order valence-corrected chi connectivity index (χ0v) is 7.45. The van der Waals surface area contributed by atoms with Crippen LogP contribution >= 0.6 is 10.7 Å². The molecule has 0 N–H and O–H groups in total. The van der Waals surface area contributed by atoms with E-state index in [9.17, 15) is 8.42 Å². The first-order valence-electron chi connectivity index (χ1n) is 3.27. The van der Waals surface area contributed by atoms with Gasteiger partial charge in [-0.05, 0) is 18.3 Å². The molecule has 0 bridgehead atoms. The third-order valence-corrected chi connectivity index (χ3v) is 3.17. The van der Waals surface area contributed by atoms with Crippen molar-refractivity contribution in [1.82, 2.24) is 0 Å². The van der Waals surface area contributed by atoms with Crippen molar-refractivity contribution in [1.29, 1.82) is 5.26 Å². The number of hydrogen-bond acceptors (Lipinski definition) is 3. The second kappa shape index (κ2) is 2.65. The van der Waals surface area contributed by atoms with Gasteiger partial charge in [0.1, 0.15) is 0 Å². The van der Waals surface area contributed by atoms with E-state index in [1.165, 1.54) is 0 Å². The van der Waals surface area contributed by atoms with Crippen molar-refractivity contribution in [3.63, 3.8) is 0 Å². The van der Waals surface area contributed by atoms with Crippen molar-refractivity contribution in [3.8, 4) is 6.07 Å². The zero-order valence-electron chi connectivity index (χ0n) is 5.88. The van der Waals surface area contributed by atoms with E-state index in [2.05, 4.69) is 0 Å². The van der Waals surface area contributed by atoms with E-state index in [1.54, 1.807) is 0 Å². The second-order valence-corrected chi connectivity index (χ2v) is 5.80. The fourth-order valence-corrected chi connectivity index (χ4v) is 2.90. The quantitative estimate of drug-likeness (QED) is 0.634. The van der Waals surface area contributed by atoms with Crippen molar-refractivity contribution in [2.24, 2.45) is 5.41 Å². The standard InChI is InChI=1S/C6H8ClNO2S/c7-11(9,10)5-6(1-2-6)3-4-8/h1-3,5H2. The maximum absolute atomic E-state index is 10.6. The molecular formula is C6H8ClNO2S. The van der Waals surface area contributed by atoms with Crippen LogP contribution in [0.3, 0.4) is 0 Å². The summed E-state index contributed by atoms with van der Waals surface area (Å²) in [5.41, 5.74) is -0.296. The maximum Gasteiger partial charge on any atom is 0.233 e. The Morgan fingerprint density at radius 1 is 1.55 bits per heavy atom. The summed E-state index contributed by atoms with van der Waals surface area (Å²) >= 11 is 0. The molecule has 0 saturated heterocycles. The summed E-state index contributed by atoms with van der Waals surface area (Å²) < 4.78 is 21.2. The van der Waals surface area contributed by atoms with Crippen LogP contribution < -0.4 is 0 Å². The molecule has 0 aromatic carbocycles. The predicted octanol–water partition coefficient (Wildman–Crippen LogP) is 1.25. The number of nitrogens with zero attached hydrogens (tertiary/aromatic N) is 1. The van der Waals surface area contributed by atoms with Crippen LogP contribution in [0.15, 0.2) is 0 Å². The summed E-state index contributed by atoms with van der Waals surface area (Å²) in [6, 6.07) is 1.97. The molecule has 5 heteroatoms. The molecule has 0 heterocycles. The fraction of sp³-hybridized carbons (Fsp3) is 0.833. The Morgan fingerprint density at radius 2 is 2.09 bits per heavy atom. The average Bonchev–Trinajstić information content (AvgIpc) is 2.44. The van der Waals surface area contributed by atoms with Gasteiger partial charge in [-0.2, -0.15) is 5.26 Å². The topological polar surface area (TPSA) is 57.9 Å². The predicted molar refractivity (Wildman–Crippen MR) is 41.5 cm³/mol. The van der Waals surface area contributed by atoms with Crippen LogP contribution in [-0.4, -0.2) is 14.2 Å². The van der Waals surface area contributed by atoms with Crippen LogP contribution in [0.5, 0.6) is 0 Å². The summed E-state index contributed by atoms with van der Waals surface area (Å²) in [6.45, 7) is 0. The summed E-state index contributed by atoms with van der Waals surface area (Å²) in [7, 11) is 1.64. The lowest BCUT2D eigenvalue weighted by molar-refractivity contribution is 0.558. The van der Waals surface area contributed by atoms with Gasteiger partial charge >= 0.3 is 0 Å². The zero-order chi connectivity index (χ0) is 8.54. The van der Waals surface area contributed by atoms with E-state index in [4.69, 9.17) is 15.9 Å². The van der Waals surface area contributed by atoms with Gasteiger partial charge in [0.05, 0.1) is 11.8 Å². The molecule has 0 aromatic rings. The van der Waals surface area contributed by atoms with E-state index >= 15 is 0 Å². The third-order valence-electron chi connectivity index (χ3n) is 1.89. The molecule has 0 aliphatic heterocycles. The first-order valence-corrected chi connectivity index (χ1v) is 5.75. The summed E-state index contributed by atoms with van der Waals surface area (Å²) in [4.78, 5) is 0. The lowest BCUT2D eigenvalue weighted by Gasteiger charge is -2.05. The van der Waals surface area contributed by atoms with Gasteiger partial charge in [-0.25, -0.2) is 8.42 Å². The van der Waals surface area contributed by atoms with Crippen LogP contribution in [-0.2, 0) is 9.05 Å². The Kier molecular flexibility index (Phi) is 2.13. The molecule has 3 nitrogen and oxygen atoms in total. The van der Waals surface area contributed by atoms with Gasteiger partial charge in [-0.3, -0.25) is 0 Å². The average molecular weight is 194 g/mol. The molecule has 0 aromatic heterocycles. The third kappa shape index (κ3) is 2.68. The van der Waals surface area contributed by atoms with Gasteiger partial charge in [-0.1, -0.05) is 0 Å². The lowest BCUT2D eigenvalue weighted by atomic mass is 10.1. The van der Waals surface area contributed by atoms with Crippen molar-refractivity contribution in [2.75, 3.05) is 5.75 Å². The van der Waals surface area contributed by atoms with Crippen molar-refractivity contribution < 1.29 is 8.42 Å². The highest BCUT2D eigenvalue weighted by molar-refractivity contribution is 8.13. The monoisotopic (exact) mass is 193 g/mol. The fourth-order valence-electron chi connectivity index (χ4n) is 1.08. The molecule has 1 fully saturated rings. The maximum atomic E-state index is 10.6. The molecular weight excluding hydrogens is 186 g/mol. The summed E-state index contributed by atoms with van der Waals surface area (Å²) in [6.07, 6.45) is 1.93. The van der Waals surface area contributed by atoms with Crippen LogP contribution in [0.25, 0.3) is 0 Å². The minimum absolute atomic E-state index is 0.0465. The number of hydrogen-bond donors (Lipinski definition) is 0. The SMILES string of the molecule is N#CCC1(CS(=O)(=O)Cl)CC1. The first kappa shape index (κ1) is 8.82. The molecule has 0 amide bonds. The minimum atomic E-state index is -3.42. The van der Waals surface area contributed by atoms with Crippen molar-refractivity contribution in [3.05, 3.63) is 0 Å². The molecule has 0 atom stereocenters. The van der Waals surface area contributed by atoms with Crippen molar-refractivity contribution >= 4 is 19.7 Å². The molecule has 62 valence electrons. The highest BCUT2D eigenvalue weighted by Crippen LogP contribution is 2.49. The van der Waals surface area contributed by atoms with Gasteiger partial charge in [-0.15, -0.1) is 0 Å². The number of halogens is 1. The van der Waals surface area contributed by atoms with Gasteiger partial charge in [0.2, 0.25) is 9.05 Å². The summed E-state index contributed by atoms with van der Waals surface area (Å²) in [5.74, 6) is -0.0465. The van der Waals surface area contributed by atoms with E-state index in [-0.39, 0.29) is 11.2 Å². The Hall–Kier alpha value is -0.270. The molecule has 1 rings (SSSR count). The van der Waals surface area contributed by atoms with E-state index in [0.29, 0.717) is 6.42 Å². The minimum Gasteiger partial charge on any atom is -0.212 e. The Labute approximate surface area is 70.4 Å². The van der Waals surface area contributed by atoms with Gasteiger partial charge in [0.25, 0.3) is 0 Å². The smallest absolute Gasteiger partial charge is 0.212 e. The summed E-state index contributed by atoms with van der Waals surface area (Å²) in [5, 5.41) is 8.35. The highest BCUT2D eigenvalue weighted by atomic mass is 35.7. The largest absolute Gasteiger partial charge is 0.233 e. The van der Waals surface area contributed by atoms with E-state index < -0.39 is 9.05 Å².